The second-order valence-electron chi connectivity index (χ2n) is 12.2. The van der Waals surface area contributed by atoms with Gasteiger partial charge < -0.3 is 24.6 Å². The topological polar surface area (TPSA) is 101 Å². The summed E-state index contributed by atoms with van der Waals surface area (Å²) in [5.41, 5.74) is 1.31. The number of likely N-dealkylation sites (tertiary alicyclic amines) is 1. The van der Waals surface area contributed by atoms with E-state index in [1.54, 1.807) is 37.4 Å². The summed E-state index contributed by atoms with van der Waals surface area (Å²) in [4.78, 5) is 46.2. The number of carbonyl (C=O) groups is 3. The maximum absolute atomic E-state index is 13.6. The van der Waals surface area contributed by atoms with Crippen molar-refractivity contribution < 1.29 is 41.4 Å². The van der Waals surface area contributed by atoms with Crippen LogP contribution < -0.4 is 14.8 Å². The van der Waals surface area contributed by atoms with Gasteiger partial charge in [0, 0.05) is 45.3 Å². The second-order valence-corrected chi connectivity index (χ2v) is 12.2. The summed E-state index contributed by atoms with van der Waals surface area (Å²) >= 11 is 0. The molecule has 1 aliphatic heterocycles. The first kappa shape index (κ1) is 32.5. The van der Waals surface area contributed by atoms with Crippen molar-refractivity contribution in [2.45, 2.75) is 88.9 Å². The van der Waals surface area contributed by atoms with Crippen LogP contribution in [0.5, 0.6) is 11.5 Å². The van der Waals surface area contributed by atoms with Crippen molar-refractivity contribution in [3.8, 4) is 11.5 Å². The number of rotatable bonds is 11. The van der Waals surface area contributed by atoms with Gasteiger partial charge in [-0.1, -0.05) is 12.1 Å². The van der Waals surface area contributed by atoms with Gasteiger partial charge in [0.2, 0.25) is 17.7 Å². The van der Waals surface area contributed by atoms with Gasteiger partial charge in [0.15, 0.2) is 11.5 Å². The minimum atomic E-state index is -3.01. The van der Waals surface area contributed by atoms with Crippen molar-refractivity contribution in [2.75, 3.05) is 20.2 Å². The Labute approximate surface area is 259 Å². The van der Waals surface area contributed by atoms with Crippen LogP contribution in [0.1, 0.15) is 79.5 Å². The van der Waals surface area contributed by atoms with Gasteiger partial charge in [-0.2, -0.15) is 8.78 Å². The van der Waals surface area contributed by atoms with Crippen LogP contribution in [0.3, 0.4) is 0 Å². The molecule has 45 heavy (non-hydrogen) atoms. The number of hydrogen-bond acceptors (Lipinski definition) is 6. The third kappa shape index (κ3) is 8.23. The number of carbonyl (C=O) groups excluding carboxylic acids is 3. The molecule has 9 nitrogen and oxygen atoms in total. The fourth-order valence-electron chi connectivity index (χ4n) is 6.00. The molecule has 244 valence electrons. The molecular formula is C32H38F4N4O5. The summed E-state index contributed by atoms with van der Waals surface area (Å²) in [7, 11) is 1.58. The van der Waals surface area contributed by atoms with Gasteiger partial charge in [-0.3, -0.25) is 14.4 Å². The molecular weight excluding hydrogens is 596 g/mol. The van der Waals surface area contributed by atoms with Gasteiger partial charge in [0.25, 0.3) is 5.91 Å². The van der Waals surface area contributed by atoms with Crippen LogP contribution in [0.4, 0.5) is 17.6 Å². The Kier molecular flexibility index (Phi) is 9.83. The third-order valence-electron chi connectivity index (χ3n) is 8.86. The highest BCUT2D eigenvalue weighted by molar-refractivity contribution is 5.92. The highest BCUT2D eigenvalue weighted by Crippen LogP contribution is 2.39. The number of nitrogens with one attached hydrogen (secondary N) is 1. The van der Waals surface area contributed by atoms with Gasteiger partial charge >= 0.3 is 6.61 Å². The van der Waals surface area contributed by atoms with E-state index in [1.165, 1.54) is 22.8 Å². The van der Waals surface area contributed by atoms with Crippen LogP contribution in [0.25, 0.3) is 0 Å². The van der Waals surface area contributed by atoms with E-state index in [-0.39, 0.29) is 79.7 Å². The van der Waals surface area contributed by atoms with Crippen molar-refractivity contribution in [1.82, 2.24) is 20.1 Å². The molecule has 1 unspecified atom stereocenters. The molecule has 1 saturated heterocycles. The van der Waals surface area contributed by atoms with Crippen LogP contribution in [0.2, 0.25) is 0 Å². The molecule has 3 aliphatic rings. The van der Waals surface area contributed by atoms with Gasteiger partial charge in [-0.25, -0.2) is 13.8 Å². The van der Waals surface area contributed by atoms with E-state index >= 15 is 0 Å². The van der Waals surface area contributed by atoms with Gasteiger partial charge in [-0.05, 0) is 67.9 Å². The van der Waals surface area contributed by atoms with Gasteiger partial charge in [0.1, 0.15) is 11.7 Å². The molecule has 0 bridgehead atoms. The average Bonchev–Trinajstić information content (AvgIpc) is 3.73. The molecule has 0 radical (unpaired) electrons. The van der Waals surface area contributed by atoms with E-state index < -0.39 is 24.5 Å². The fourth-order valence-corrected chi connectivity index (χ4v) is 6.00. The Morgan fingerprint density at radius 2 is 1.82 bits per heavy atom. The first-order valence-electron chi connectivity index (χ1n) is 15.3. The first-order valence-corrected chi connectivity index (χ1v) is 15.3. The van der Waals surface area contributed by atoms with E-state index in [0.717, 1.165) is 18.4 Å². The standard InChI is InChI=1S/C32H38F4N4O5/c1-19(41)40-17-22(21-8-9-27(45-31(33)34)28(15-21)44-18-20-6-7-20)14-26(40)29(42)37-16-23-4-3-5-25(38-23)30(43)39(2)24-10-12-32(35,36)13-11-24/h3-5,8-9,15,20,22,24,26,31H,6-7,10-14,16-18H2,1-2H3,(H,37,42)/t22?,26-/m1/s1. The molecule has 0 spiro atoms. The highest BCUT2D eigenvalue weighted by Gasteiger charge is 2.40. The van der Waals surface area contributed by atoms with E-state index in [0.29, 0.717) is 24.6 Å². The van der Waals surface area contributed by atoms with Crippen molar-refractivity contribution in [2.24, 2.45) is 5.92 Å². The molecule has 2 aliphatic carbocycles. The quantitative estimate of drug-likeness (QED) is 0.344. The lowest BCUT2D eigenvalue weighted by molar-refractivity contribution is -0.136. The molecule has 1 N–H and O–H groups in total. The monoisotopic (exact) mass is 634 g/mol. The Bertz CT molecular complexity index is 1400. The van der Waals surface area contributed by atoms with Crippen molar-refractivity contribution in [3.63, 3.8) is 0 Å². The maximum atomic E-state index is 13.6. The van der Waals surface area contributed by atoms with Crippen LogP contribution in [-0.4, -0.2) is 77.3 Å². The number of nitrogens with zero attached hydrogens (tertiary/aromatic N) is 3. The zero-order valence-corrected chi connectivity index (χ0v) is 25.3. The SMILES string of the molecule is CC(=O)N1CC(c2ccc(OC(F)F)c(OCC3CC3)c2)C[C@@H]1C(=O)NCc1cccc(C(=O)N(C)C2CCC(F)(F)CC2)n1. The van der Waals surface area contributed by atoms with Crippen molar-refractivity contribution >= 4 is 17.7 Å². The molecule has 2 saturated carbocycles. The molecule has 5 rings (SSSR count). The maximum Gasteiger partial charge on any atom is 0.387 e. The Morgan fingerprint density at radius 3 is 2.49 bits per heavy atom. The zero-order chi connectivity index (χ0) is 32.3. The lowest BCUT2D eigenvalue weighted by Crippen LogP contribution is -2.45. The highest BCUT2D eigenvalue weighted by atomic mass is 19.3. The number of ether oxygens (including phenoxy) is 2. The minimum Gasteiger partial charge on any atom is -0.489 e. The Hall–Kier alpha value is -3.90. The summed E-state index contributed by atoms with van der Waals surface area (Å²) in [6, 6.07) is 8.48. The lowest BCUT2D eigenvalue weighted by atomic mass is 9.91. The van der Waals surface area contributed by atoms with Crippen LogP contribution >= 0.6 is 0 Å². The van der Waals surface area contributed by atoms with E-state index in [9.17, 15) is 31.9 Å². The number of amides is 3. The normalized spacial score (nSPS) is 21.4. The van der Waals surface area contributed by atoms with Crippen LogP contribution in [-0.2, 0) is 16.1 Å². The zero-order valence-electron chi connectivity index (χ0n) is 25.3. The van der Waals surface area contributed by atoms with E-state index in [4.69, 9.17) is 4.74 Å². The third-order valence-corrected chi connectivity index (χ3v) is 8.86. The fraction of sp³-hybridized carbons (Fsp3) is 0.562. The molecule has 3 fully saturated rings. The van der Waals surface area contributed by atoms with Crippen molar-refractivity contribution in [1.29, 1.82) is 0 Å². The number of hydrogen-bond donors (Lipinski definition) is 1. The number of halogens is 4. The summed E-state index contributed by atoms with van der Waals surface area (Å²) in [6.45, 7) is -0.965. The number of alkyl halides is 4. The molecule has 2 atom stereocenters. The lowest BCUT2D eigenvalue weighted by Gasteiger charge is -2.34. The predicted molar refractivity (Wildman–Crippen MR) is 155 cm³/mol. The Morgan fingerprint density at radius 1 is 1.09 bits per heavy atom. The van der Waals surface area contributed by atoms with E-state index in [2.05, 4.69) is 15.0 Å². The summed E-state index contributed by atoms with van der Waals surface area (Å²) in [6.07, 6.45) is 2.25. The van der Waals surface area contributed by atoms with Gasteiger partial charge in [-0.15, -0.1) is 0 Å². The van der Waals surface area contributed by atoms with Crippen molar-refractivity contribution in [3.05, 3.63) is 53.3 Å². The van der Waals surface area contributed by atoms with Crippen LogP contribution in [0, 0.1) is 5.92 Å². The molecule has 1 aromatic heterocycles. The molecule has 2 heterocycles. The largest absolute Gasteiger partial charge is 0.489 e. The first-order chi connectivity index (χ1) is 21.4. The smallest absolute Gasteiger partial charge is 0.387 e. The number of benzene rings is 1. The molecule has 2 aromatic rings. The molecule has 1 aromatic carbocycles. The van der Waals surface area contributed by atoms with Crippen LogP contribution in [0.15, 0.2) is 36.4 Å². The Balaban J connectivity index is 1.22. The summed E-state index contributed by atoms with van der Waals surface area (Å²) in [5, 5.41) is 2.82. The second kappa shape index (κ2) is 13.6. The summed E-state index contributed by atoms with van der Waals surface area (Å²) in [5.74, 6) is -3.48. The minimum absolute atomic E-state index is 0.00501. The summed E-state index contributed by atoms with van der Waals surface area (Å²) < 4.78 is 63.5. The van der Waals surface area contributed by atoms with E-state index in [1.807, 2.05) is 0 Å². The number of pyridine rings is 1. The number of aromatic nitrogens is 1. The molecule has 3 amide bonds. The molecule has 13 heteroatoms. The predicted octanol–water partition coefficient (Wildman–Crippen LogP) is 5.14. The average molecular weight is 635 g/mol. The van der Waals surface area contributed by atoms with Gasteiger partial charge in [0.05, 0.1) is 18.8 Å².